The number of halogens is 1. The van der Waals surface area contributed by atoms with E-state index in [1.807, 2.05) is 0 Å². The Morgan fingerprint density at radius 1 is 1.58 bits per heavy atom. The number of hydrogen-bond donors (Lipinski definition) is 0. The van der Waals surface area contributed by atoms with Gasteiger partial charge in [0.15, 0.2) is 0 Å². The van der Waals surface area contributed by atoms with Crippen LogP contribution in [0.1, 0.15) is 39.0 Å². The third-order valence-electron chi connectivity index (χ3n) is 2.54. The molecule has 0 amide bonds. The first-order valence-electron chi connectivity index (χ1n) is 5.04. The van der Waals surface area contributed by atoms with Gasteiger partial charge in [-0.05, 0) is 31.6 Å². The van der Waals surface area contributed by atoms with Crippen molar-refractivity contribution >= 4 is 15.9 Å². The van der Waals surface area contributed by atoms with E-state index < -0.39 is 0 Å². The summed E-state index contributed by atoms with van der Waals surface area (Å²) < 4.78 is 5.61. The Labute approximate surface area is 84.0 Å². The fourth-order valence-electron chi connectivity index (χ4n) is 1.87. The van der Waals surface area contributed by atoms with E-state index >= 15 is 0 Å². The largest absolute Gasteiger partial charge is 0.378 e. The third-order valence-corrected chi connectivity index (χ3v) is 3.45. The van der Waals surface area contributed by atoms with Crippen molar-refractivity contribution in [3.8, 4) is 0 Å². The Kier molecular flexibility index (Phi) is 5.24. The second kappa shape index (κ2) is 5.98. The molecule has 12 heavy (non-hydrogen) atoms. The van der Waals surface area contributed by atoms with Crippen molar-refractivity contribution in [1.29, 1.82) is 0 Å². The molecule has 0 radical (unpaired) electrons. The van der Waals surface area contributed by atoms with Gasteiger partial charge in [0.2, 0.25) is 0 Å². The molecule has 0 spiro atoms. The zero-order chi connectivity index (χ0) is 8.81. The quantitative estimate of drug-likeness (QED) is 0.664. The average Bonchev–Trinajstić information content (AvgIpc) is 2.56. The fourth-order valence-corrected chi connectivity index (χ4v) is 2.46. The predicted octanol–water partition coefficient (Wildman–Crippen LogP) is 3.37. The summed E-state index contributed by atoms with van der Waals surface area (Å²) in [5.41, 5.74) is 0. The van der Waals surface area contributed by atoms with E-state index in [9.17, 15) is 0 Å². The predicted molar refractivity (Wildman–Crippen MR) is 55.8 cm³/mol. The van der Waals surface area contributed by atoms with E-state index in [0.717, 1.165) is 17.9 Å². The Morgan fingerprint density at radius 2 is 2.42 bits per heavy atom. The molecule has 1 saturated heterocycles. The van der Waals surface area contributed by atoms with Gasteiger partial charge in [0.25, 0.3) is 0 Å². The van der Waals surface area contributed by atoms with Gasteiger partial charge in [0.05, 0.1) is 6.10 Å². The molecule has 0 aromatic rings. The van der Waals surface area contributed by atoms with E-state index in [1.54, 1.807) is 0 Å². The molecule has 1 nitrogen and oxygen atoms in total. The molecule has 0 aliphatic carbocycles. The Balaban J connectivity index is 2.16. The lowest BCUT2D eigenvalue weighted by atomic mass is 9.97. The summed E-state index contributed by atoms with van der Waals surface area (Å²) in [7, 11) is 0. The first kappa shape index (κ1) is 10.5. The number of hydrogen-bond acceptors (Lipinski definition) is 1. The van der Waals surface area contributed by atoms with Crippen LogP contribution in [-0.2, 0) is 4.74 Å². The second-order valence-corrected chi connectivity index (χ2v) is 4.33. The van der Waals surface area contributed by atoms with E-state index in [0.29, 0.717) is 6.10 Å². The minimum absolute atomic E-state index is 0.569. The molecule has 0 aromatic carbocycles. The highest BCUT2D eigenvalue weighted by Crippen LogP contribution is 2.23. The van der Waals surface area contributed by atoms with Crippen LogP contribution in [0.25, 0.3) is 0 Å². The van der Waals surface area contributed by atoms with Crippen LogP contribution in [0, 0.1) is 5.92 Å². The van der Waals surface area contributed by atoms with Gasteiger partial charge in [-0.25, -0.2) is 0 Å². The molecule has 1 aliphatic rings. The highest BCUT2D eigenvalue weighted by molar-refractivity contribution is 9.09. The van der Waals surface area contributed by atoms with Crippen molar-refractivity contribution in [2.45, 2.75) is 45.1 Å². The van der Waals surface area contributed by atoms with Gasteiger partial charge in [0, 0.05) is 11.9 Å². The topological polar surface area (TPSA) is 9.23 Å². The zero-order valence-electron chi connectivity index (χ0n) is 7.89. The minimum Gasteiger partial charge on any atom is -0.378 e. The smallest absolute Gasteiger partial charge is 0.0578 e. The third kappa shape index (κ3) is 3.44. The van der Waals surface area contributed by atoms with Crippen LogP contribution in [0.5, 0.6) is 0 Å². The van der Waals surface area contributed by atoms with Crippen molar-refractivity contribution in [3.63, 3.8) is 0 Å². The molecule has 0 N–H and O–H groups in total. The van der Waals surface area contributed by atoms with E-state index in [2.05, 4.69) is 22.9 Å². The Bertz CT molecular complexity index is 110. The number of alkyl halides is 1. The first-order valence-corrected chi connectivity index (χ1v) is 6.16. The van der Waals surface area contributed by atoms with E-state index in [4.69, 9.17) is 4.74 Å². The van der Waals surface area contributed by atoms with Gasteiger partial charge >= 0.3 is 0 Å². The van der Waals surface area contributed by atoms with Crippen molar-refractivity contribution < 1.29 is 4.74 Å². The maximum absolute atomic E-state index is 5.61. The summed E-state index contributed by atoms with van der Waals surface area (Å²) in [5.74, 6) is 0.832. The van der Waals surface area contributed by atoms with E-state index in [-0.39, 0.29) is 0 Å². The Morgan fingerprint density at radius 3 is 2.92 bits per heavy atom. The minimum atomic E-state index is 0.569. The molecule has 0 aromatic heterocycles. The summed E-state index contributed by atoms with van der Waals surface area (Å²) in [6.45, 7) is 3.25. The van der Waals surface area contributed by atoms with Gasteiger partial charge in [0.1, 0.15) is 0 Å². The highest BCUT2D eigenvalue weighted by Gasteiger charge is 2.19. The monoisotopic (exact) mass is 234 g/mol. The summed E-state index contributed by atoms with van der Waals surface area (Å²) in [6.07, 6.45) is 7.02. The summed E-state index contributed by atoms with van der Waals surface area (Å²) in [5, 5.41) is 1.14. The zero-order valence-corrected chi connectivity index (χ0v) is 9.48. The van der Waals surface area contributed by atoms with Crippen molar-refractivity contribution in [2.24, 2.45) is 5.92 Å². The van der Waals surface area contributed by atoms with Crippen LogP contribution in [0.15, 0.2) is 0 Å². The first-order chi connectivity index (χ1) is 5.86. The van der Waals surface area contributed by atoms with Crippen molar-refractivity contribution in [1.82, 2.24) is 0 Å². The Hall–Kier alpha value is 0.440. The molecule has 1 aliphatic heterocycles. The van der Waals surface area contributed by atoms with E-state index in [1.165, 1.54) is 32.1 Å². The highest BCUT2D eigenvalue weighted by atomic mass is 79.9. The molecule has 0 saturated carbocycles. The lowest BCUT2D eigenvalue weighted by Gasteiger charge is -2.16. The maximum atomic E-state index is 5.61. The summed E-state index contributed by atoms with van der Waals surface area (Å²) in [6, 6.07) is 0. The molecule has 2 atom stereocenters. The molecule has 1 rings (SSSR count). The van der Waals surface area contributed by atoms with Crippen LogP contribution in [-0.4, -0.2) is 18.0 Å². The molecular weight excluding hydrogens is 216 g/mol. The summed E-state index contributed by atoms with van der Waals surface area (Å²) in [4.78, 5) is 0. The van der Waals surface area contributed by atoms with Crippen LogP contribution in [0.4, 0.5) is 0 Å². The van der Waals surface area contributed by atoms with Gasteiger partial charge < -0.3 is 4.74 Å². The summed E-state index contributed by atoms with van der Waals surface area (Å²) >= 11 is 3.57. The lowest BCUT2D eigenvalue weighted by Crippen LogP contribution is -2.13. The normalized spacial score (nSPS) is 26.0. The second-order valence-electron chi connectivity index (χ2n) is 3.68. The fraction of sp³-hybridized carbons (Fsp3) is 1.00. The molecule has 2 unspecified atom stereocenters. The van der Waals surface area contributed by atoms with Crippen LogP contribution in [0.3, 0.4) is 0 Å². The SMILES string of the molecule is CCCC(CBr)CC1CCCO1. The van der Waals surface area contributed by atoms with Gasteiger partial charge in [-0.15, -0.1) is 0 Å². The number of ether oxygens (including phenoxy) is 1. The van der Waals surface area contributed by atoms with Gasteiger partial charge in [-0.3, -0.25) is 0 Å². The number of rotatable bonds is 5. The van der Waals surface area contributed by atoms with Crippen LogP contribution in [0.2, 0.25) is 0 Å². The molecule has 2 heteroatoms. The van der Waals surface area contributed by atoms with Gasteiger partial charge in [-0.1, -0.05) is 29.3 Å². The molecule has 1 fully saturated rings. The van der Waals surface area contributed by atoms with Crippen molar-refractivity contribution in [2.75, 3.05) is 11.9 Å². The molecule has 0 bridgehead atoms. The van der Waals surface area contributed by atoms with Crippen molar-refractivity contribution in [3.05, 3.63) is 0 Å². The lowest BCUT2D eigenvalue weighted by molar-refractivity contribution is 0.0913. The average molecular weight is 235 g/mol. The van der Waals surface area contributed by atoms with Crippen LogP contribution >= 0.6 is 15.9 Å². The molecular formula is C10H19BrO. The van der Waals surface area contributed by atoms with Gasteiger partial charge in [-0.2, -0.15) is 0 Å². The molecule has 72 valence electrons. The van der Waals surface area contributed by atoms with Crippen LogP contribution < -0.4 is 0 Å². The standard InChI is InChI=1S/C10H19BrO/c1-2-4-9(8-11)7-10-5-3-6-12-10/h9-10H,2-8H2,1H3. The molecule has 1 heterocycles. The maximum Gasteiger partial charge on any atom is 0.0578 e.